The maximum absolute atomic E-state index is 12.6. The van der Waals surface area contributed by atoms with Crippen LogP contribution in [0.15, 0.2) is 54.6 Å². The van der Waals surface area contributed by atoms with Crippen LogP contribution in [0.1, 0.15) is 25.3 Å². The summed E-state index contributed by atoms with van der Waals surface area (Å²) in [6.07, 6.45) is 1.39. The maximum atomic E-state index is 12.6. The van der Waals surface area contributed by atoms with Gasteiger partial charge in [-0.3, -0.25) is 4.79 Å². The van der Waals surface area contributed by atoms with Crippen LogP contribution in [0.2, 0.25) is 0 Å². The first-order valence-electron chi connectivity index (χ1n) is 9.53. The van der Waals surface area contributed by atoms with Gasteiger partial charge in [0.05, 0.1) is 11.7 Å². The van der Waals surface area contributed by atoms with Crippen molar-refractivity contribution in [3.63, 3.8) is 0 Å². The van der Waals surface area contributed by atoms with Gasteiger partial charge in [0.1, 0.15) is 12.4 Å². The van der Waals surface area contributed by atoms with Crippen molar-refractivity contribution in [1.29, 1.82) is 0 Å². The van der Waals surface area contributed by atoms with Gasteiger partial charge in [-0.15, -0.1) is 0 Å². The van der Waals surface area contributed by atoms with Gasteiger partial charge in [-0.25, -0.2) is 12.7 Å². The average Bonchev–Trinajstić information content (AvgIpc) is 2.74. The van der Waals surface area contributed by atoms with E-state index >= 15 is 0 Å². The number of sulfonamides is 1. The van der Waals surface area contributed by atoms with Gasteiger partial charge < -0.3 is 10.1 Å². The number of rotatable bonds is 7. The first kappa shape index (κ1) is 20.4. The molecule has 6 nitrogen and oxygen atoms in total. The second-order valence-electron chi connectivity index (χ2n) is 6.89. The fourth-order valence-electron chi connectivity index (χ4n) is 3.21. The fourth-order valence-corrected chi connectivity index (χ4v) is 4.39. The Labute approximate surface area is 166 Å². The number of anilines is 1. The molecule has 28 heavy (non-hydrogen) atoms. The lowest BCUT2D eigenvalue weighted by atomic mass is 9.99. The Morgan fingerprint density at radius 3 is 2.54 bits per heavy atom. The minimum atomic E-state index is -3.26. The molecule has 2 aromatic rings. The van der Waals surface area contributed by atoms with Gasteiger partial charge in [0.15, 0.2) is 0 Å². The highest BCUT2D eigenvalue weighted by molar-refractivity contribution is 7.89. The monoisotopic (exact) mass is 402 g/mol. The van der Waals surface area contributed by atoms with Gasteiger partial charge in [-0.2, -0.15) is 0 Å². The van der Waals surface area contributed by atoms with Gasteiger partial charge in [-0.05, 0) is 49.6 Å². The van der Waals surface area contributed by atoms with Crippen LogP contribution in [-0.2, 0) is 21.4 Å². The Hall–Kier alpha value is -2.38. The number of carbonyl (C=O) groups is 1. The molecule has 1 aliphatic rings. The van der Waals surface area contributed by atoms with Crippen LogP contribution >= 0.6 is 0 Å². The van der Waals surface area contributed by atoms with Gasteiger partial charge in [-0.1, -0.05) is 30.3 Å². The zero-order valence-corrected chi connectivity index (χ0v) is 16.8. The third-order valence-electron chi connectivity index (χ3n) is 4.88. The number of carbonyl (C=O) groups excluding carboxylic acids is 1. The standard InChI is InChI=1S/C21H26N2O4S/c1-2-28(25,26)23-14-6-9-18(15-23)21(24)22-19-10-12-20(13-11-19)27-16-17-7-4-3-5-8-17/h3-5,7-8,10-13,18H,2,6,9,14-16H2,1H3,(H,22,24)/t18-/m1/s1. The summed E-state index contributed by atoms with van der Waals surface area (Å²) < 4.78 is 31.3. The highest BCUT2D eigenvalue weighted by atomic mass is 32.2. The molecule has 1 N–H and O–H groups in total. The van der Waals surface area contributed by atoms with E-state index in [0.717, 1.165) is 11.3 Å². The summed E-state index contributed by atoms with van der Waals surface area (Å²) in [5.41, 5.74) is 1.76. The van der Waals surface area contributed by atoms with Crippen LogP contribution in [0, 0.1) is 5.92 Å². The minimum Gasteiger partial charge on any atom is -0.489 e. The fraction of sp³-hybridized carbons (Fsp3) is 0.381. The van der Waals surface area contributed by atoms with E-state index < -0.39 is 10.0 Å². The Bertz CT molecular complexity index is 882. The quantitative estimate of drug-likeness (QED) is 0.771. The smallest absolute Gasteiger partial charge is 0.228 e. The van der Waals surface area contributed by atoms with Gasteiger partial charge in [0, 0.05) is 18.8 Å². The average molecular weight is 403 g/mol. The lowest BCUT2D eigenvalue weighted by molar-refractivity contribution is -0.120. The predicted molar refractivity (Wildman–Crippen MR) is 110 cm³/mol. The van der Waals surface area contributed by atoms with Gasteiger partial charge in [0.25, 0.3) is 0 Å². The molecule has 1 amide bonds. The number of benzene rings is 2. The van der Waals surface area contributed by atoms with E-state index in [-0.39, 0.29) is 24.1 Å². The van der Waals surface area contributed by atoms with Crippen LogP contribution in [0.3, 0.4) is 0 Å². The van der Waals surface area contributed by atoms with Crippen LogP contribution < -0.4 is 10.1 Å². The molecule has 1 heterocycles. The number of amides is 1. The van der Waals surface area contributed by atoms with Crippen molar-refractivity contribution in [2.45, 2.75) is 26.4 Å². The lowest BCUT2D eigenvalue weighted by Crippen LogP contribution is -2.44. The molecular formula is C21H26N2O4S. The van der Waals surface area contributed by atoms with Crippen molar-refractivity contribution in [3.05, 3.63) is 60.2 Å². The van der Waals surface area contributed by atoms with Gasteiger partial charge >= 0.3 is 0 Å². The van der Waals surface area contributed by atoms with Crippen molar-refractivity contribution in [1.82, 2.24) is 4.31 Å². The van der Waals surface area contributed by atoms with E-state index in [2.05, 4.69) is 5.32 Å². The maximum Gasteiger partial charge on any atom is 0.228 e. The van der Waals surface area contributed by atoms with Crippen molar-refractivity contribution in [2.75, 3.05) is 24.2 Å². The normalized spacial score (nSPS) is 17.8. The molecule has 1 saturated heterocycles. The van der Waals surface area contributed by atoms with Crippen molar-refractivity contribution in [3.8, 4) is 5.75 Å². The molecule has 2 aromatic carbocycles. The van der Waals surface area contributed by atoms with Crippen LogP contribution in [0.25, 0.3) is 0 Å². The molecule has 1 fully saturated rings. The van der Waals surface area contributed by atoms with E-state index in [1.165, 1.54) is 4.31 Å². The molecule has 1 aliphatic heterocycles. The number of ether oxygens (including phenoxy) is 1. The number of nitrogens with one attached hydrogen (secondary N) is 1. The molecule has 7 heteroatoms. The van der Waals surface area contributed by atoms with Crippen molar-refractivity contribution >= 4 is 21.6 Å². The molecule has 0 aliphatic carbocycles. The van der Waals surface area contributed by atoms with Crippen LogP contribution in [0.5, 0.6) is 5.75 Å². The van der Waals surface area contributed by atoms with E-state index in [1.807, 2.05) is 42.5 Å². The van der Waals surface area contributed by atoms with E-state index in [1.54, 1.807) is 19.1 Å². The Morgan fingerprint density at radius 2 is 1.86 bits per heavy atom. The summed E-state index contributed by atoms with van der Waals surface area (Å²) in [6.45, 7) is 2.85. The lowest BCUT2D eigenvalue weighted by Gasteiger charge is -2.30. The minimum absolute atomic E-state index is 0.0613. The first-order valence-corrected chi connectivity index (χ1v) is 11.1. The summed E-state index contributed by atoms with van der Waals surface area (Å²) in [5, 5.41) is 2.89. The third kappa shape index (κ3) is 5.33. The Morgan fingerprint density at radius 1 is 1.14 bits per heavy atom. The topological polar surface area (TPSA) is 75.7 Å². The second-order valence-corrected chi connectivity index (χ2v) is 9.14. The first-order chi connectivity index (χ1) is 13.5. The number of piperidine rings is 1. The highest BCUT2D eigenvalue weighted by Crippen LogP contribution is 2.22. The molecule has 150 valence electrons. The number of nitrogens with zero attached hydrogens (tertiary/aromatic N) is 1. The number of hydrogen-bond donors (Lipinski definition) is 1. The Kier molecular flexibility index (Phi) is 6.70. The summed E-state index contributed by atoms with van der Waals surface area (Å²) >= 11 is 0. The highest BCUT2D eigenvalue weighted by Gasteiger charge is 2.31. The van der Waals surface area contributed by atoms with Crippen molar-refractivity contribution in [2.24, 2.45) is 5.92 Å². The summed E-state index contributed by atoms with van der Waals surface area (Å²) in [4.78, 5) is 12.6. The van der Waals surface area contributed by atoms with Crippen LogP contribution in [-0.4, -0.2) is 37.5 Å². The predicted octanol–water partition coefficient (Wildman–Crippen LogP) is 3.27. The molecule has 3 rings (SSSR count). The van der Waals surface area contributed by atoms with Crippen LogP contribution in [0.4, 0.5) is 5.69 Å². The molecule has 0 radical (unpaired) electrons. The molecule has 0 spiro atoms. The largest absolute Gasteiger partial charge is 0.489 e. The van der Waals surface area contributed by atoms with E-state index in [4.69, 9.17) is 4.74 Å². The zero-order valence-electron chi connectivity index (χ0n) is 16.0. The van der Waals surface area contributed by atoms with Gasteiger partial charge in [0.2, 0.25) is 15.9 Å². The zero-order chi connectivity index (χ0) is 20.0. The molecule has 0 saturated carbocycles. The van der Waals surface area contributed by atoms with E-state index in [9.17, 15) is 13.2 Å². The molecule has 0 unspecified atom stereocenters. The Balaban J connectivity index is 1.54. The molecular weight excluding hydrogens is 376 g/mol. The molecule has 0 bridgehead atoms. The SMILES string of the molecule is CCS(=O)(=O)N1CCC[C@@H](C(=O)Nc2ccc(OCc3ccccc3)cc2)C1. The van der Waals surface area contributed by atoms with E-state index in [0.29, 0.717) is 31.7 Å². The molecule has 1 atom stereocenters. The van der Waals surface area contributed by atoms with Crippen molar-refractivity contribution < 1.29 is 17.9 Å². The molecule has 0 aromatic heterocycles. The number of hydrogen-bond acceptors (Lipinski definition) is 4. The summed E-state index contributed by atoms with van der Waals surface area (Å²) in [7, 11) is -3.26. The third-order valence-corrected chi connectivity index (χ3v) is 6.73. The summed E-state index contributed by atoms with van der Waals surface area (Å²) in [6, 6.07) is 17.1. The second kappa shape index (κ2) is 9.21. The summed E-state index contributed by atoms with van der Waals surface area (Å²) in [5.74, 6) is 0.309.